The maximum Gasteiger partial charge on any atom is 0.289 e. The predicted octanol–water partition coefficient (Wildman–Crippen LogP) is 3.86. The van der Waals surface area contributed by atoms with Gasteiger partial charge in [-0.3, -0.25) is 9.89 Å². The minimum atomic E-state index is -0.344. The SMILES string of the molecule is Cc1ccsc1/C=N/NC(=O)c1cc(-c2ccc(Cl)cc2)n[nH]1. The van der Waals surface area contributed by atoms with Gasteiger partial charge in [0.2, 0.25) is 0 Å². The van der Waals surface area contributed by atoms with Gasteiger partial charge < -0.3 is 0 Å². The molecule has 2 N–H and O–H groups in total. The number of aromatic nitrogens is 2. The molecule has 0 fully saturated rings. The first kappa shape index (κ1) is 15.5. The topological polar surface area (TPSA) is 70.1 Å². The maximum absolute atomic E-state index is 12.0. The van der Waals surface area contributed by atoms with Crippen LogP contribution >= 0.6 is 22.9 Å². The van der Waals surface area contributed by atoms with E-state index in [0.717, 1.165) is 16.0 Å². The number of hydrogen-bond acceptors (Lipinski definition) is 4. The summed E-state index contributed by atoms with van der Waals surface area (Å²) in [5.74, 6) is -0.344. The molecule has 2 heterocycles. The molecule has 3 aromatic rings. The molecule has 3 rings (SSSR count). The number of aryl methyl sites for hydroxylation is 1. The number of halogens is 1. The van der Waals surface area contributed by atoms with E-state index in [9.17, 15) is 4.79 Å². The van der Waals surface area contributed by atoms with Gasteiger partial charge in [-0.2, -0.15) is 10.2 Å². The van der Waals surface area contributed by atoms with Crippen LogP contribution in [0.4, 0.5) is 0 Å². The molecule has 0 saturated carbocycles. The number of amides is 1. The van der Waals surface area contributed by atoms with Gasteiger partial charge in [-0.25, -0.2) is 5.43 Å². The molecule has 0 aliphatic carbocycles. The number of nitrogens with one attached hydrogen (secondary N) is 2. The van der Waals surface area contributed by atoms with E-state index in [4.69, 9.17) is 11.6 Å². The third-order valence-corrected chi connectivity index (χ3v) is 4.42. The standard InChI is InChI=1S/C16H13ClN4OS/c1-10-6-7-23-15(10)9-18-21-16(22)14-8-13(19-20-14)11-2-4-12(17)5-3-11/h2-9H,1H3,(H,19,20)(H,21,22)/b18-9+. The van der Waals surface area contributed by atoms with Crippen LogP contribution in [0.15, 0.2) is 46.9 Å². The van der Waals surface area contributed by atoms with Gasteiger partial charge in [0.05, 0.1) is 11.9 Å². The fourth-order valence-electron chi connectivity index (χ4n) is 1.93. The van der Waals surface area contributed by atoms with Gasteiger partial charge in [0.25, 0.3) is 5.91 Å². The smallest absolute Gasteiger partial charge is 0.272 e. The predicted molar refractivity (Wildman–Crippen MR) is 93.1 cm³/mol. The van der Waals surface area contributed by atoms with Crippen LogP contribution in [-0.4, -0.2) is 22.3 Å². The van der Waals surface area contributed by atoms with Crippen LogP contribution < -0.4 is 5.43 Å². The zero-order chi connectivity index (χ0) is 16.2. The van der Waals surface area contributed by atoms with E-state index in [0.29, 0.717) is 16.4 Å². The van der Waals surface area contributed by atoms with Crippen molar-refractivity contribution in [2.45, 2.75) is 6.92 Å². The Morgan fingerprint density at radius 3 is 2.83 bits per heavy atom. The highest BCUT2D eigenvalue weighted by Gasteiger charge is 2.10. The van der Waals surface area contributed by atoms with Crippen molar-refractivity contribution in [2.24, 2.45) is 5.10 Å². The number of hydrogen-bond donors (Lipinski definition) is 2. The lowest BCUT2D eigenvalue weighted by Crippen LogP contribution is -2.17. The first-order valence-corrected chi connectivity index (χ1v) is 8.08. The summed E-state index contributed by atoms with van der Waals surface area (Å²) in [5, 5.41) is 13.4. The molecule has 1 aromatic carbocycles. The highest BCUT2D eigenvalue weighted by molar-refractivity contribution is 7.11. The van der Waals surface area contributed by atoms with Crippen LogP contribution in [0.1, 0.15) is 20.9 Å². The lowest BCUT2D eigenvalue weighted by atomic mass is 10.1. The van der Waals surface area contributed by atoms with E-state index in [1.807, 2.05) is 30.5 Å². The average molecular weight is 345 g/mol. The lowest BCUT2D eigenvalue weighted by Gasteiger charge is -1.96. The van der Waals surface area contributed by atoms with Crippen LogP contribution in [-0.2, 0) is 0 Å². The molecule has 1 amide bonds. The maximum atomic E-state index is 12.0. The van der Waals surface area contributed by atoms with Crippen LogP contribution in [0.5, 0.6) is 0 Å². The summed E-state index contributed by atoms with van der Waals surface area (Å²) in [6.07, 6.45) is 1.63. The van der Waals surface area contributed by atoms with Gasteiger partial charge in [-0.1, -0.05) is 23.7 Å². The molecule has 0 bridgehead atoms. The zero-order valence-corrected chi connectivity index (χ0v) is 13.8. The summed E-state index contributed by atoms with van der Waals surface area (Å²) >= 11 is 7.43. The average Bonchev–Trinajstić information content (AvgIpc) is 3.18. The Bertz CT molecular complexity index is 851. The van der Waals surface area contributed by atoms with Gasteiger partial charge in [0.15, 0.2) is 0 Å². The summed E-state index contributed by atoms with van der Waals surface area (Å²) in [6.45, 7) is 1.99. The third-order valence-electron chi connectivity index (χ3n) is 3.21. The second kappa shape index (κ2) is 6.76. The van der Waals surface area contributed by atoms with Crippen LogP contribution in [0, 0.1) is 6.92 Å². The Kier molecular flexibility index (Phi) is 4.55. The number of hydrazone groups is 1. The molecule has 0 aliphatic rings. The fourth-order valence-corrected chi connectivity index (χ4v) is 2.85. The van der Waals surface area contributed by atoms with Gasteiger partial charge in [-0.15, -0.1) is 11.3 Å². The highest BCUT2D eigenvalue weighted by atomic mass is 35.5. The monoisotopic (exact) mass is 344 g/mol. The van der Waals surface area contributed by atoms with Crippen molar-refractivity contribution in [1.82, 2.24) is 15.6 Å². The molecular formula is C16H13ClN4OS. The minimum Gasteiger partial charge on any atom is -0.272 e. The van der Waals surface area contributed by atoms with Gasteiger partial charge in [-0.05, 0) is 42.1 Å². The normalized spacial score (nSPS) is 11.0. The lowest BCUT2D eigenvalue weighted by molar-refractivity contribution is 0.0950. The van der Waals surface area contributed by atoms with E-state index in [-0.39, 0.29) is 5.91 Å². The Balaban J connectivity index is 1.68. The van der Waals surface area contributed by atoms with E-state index < -0.39 is 0 Å². The van der Waals surface area contributed by atoms with E-state index in [2.05, 4.69) is 20.7 Å². The largest absolute Gasteiger partial charge is 0.289 e. The Labute approximate surface area is 142 Å². The number of thiophene rings is 1. The zero-order valence-electron chi connectivity index (χ0n) is 12.2. The number of rotatable bonds is 4. The second-order valence-corrected chi connectivity index (χ2v) is 6.22. The van der Waals surface area contributed by atoms with Crippen LogP contribution in [0.2, 0.25) is 5.02 Å². The van der Waals surface area contributed by atoms with Crippen molar-refractivity contribution in [1.29, 1.82) is 0 Å². The first-order chi connectivity index (χ1) is 11.1. The van der Waals surface area contributed by atoms with Crippen LogP contribution in [0.25, 0.3) is 11.3 Å². The number of benzene rings is 1. The summed E-state index contributed by atoms with van der Waals surface area (Å²) in [4.78, 5) is 13.1. The Morgan fingerprint density at radius 2 is 2.13 bits per heavy atom. The molecule has 7 heteroatoms. The number of carbonyl (C=O) groups excluding carboxylic acids is 1. The van der Waals surface area contributed by atoms with Gasteiger partial charge in [0.1, 0.15) is 5.69 Å². The van der Waals surface area contributed by atoms with E-state index >= 15 is 0 Å². The number of nitrogens with zero attached hydrogens (tertiary/aromatic N) is 2. The van der Waals surface area contributed by atoms with Crippen molar-refractivity contribution in [3.05, 3.63) is 62.9 Å². The molecule has 2 aromatic heterocycles. The molecule has 0 aliphatic heterocycles. The summed E-state index contributed by atoms with van der Waals surface area (Å²) in [6, 6.07) is 10.9. The summed E-state index contributed by atoms with van der Waals surface area (Å²) in [7, 11) is 0. The van der Waals surface area contributed by atoms with Crippen molar-refractivity contribution >= 4 is 35.1 Å². The van der Waals surface area contributed by atoms with E-state index in [1.54, 1.807) is 35.8 Å². The molecule has 116 valence electrons. The first-order valence-electron chi connectivity index (χ1n) is 6.82. The number of carbonyl (C=O) groups is 1. The van der Waals surface area contributed by atoms with Crippen LogP contribution in [0.3, 0.4) is 0 Å². The van der Waals surface area contributed by atoms with Gasteiger partial charge >= 0.3 is 0 Å². The second-order valence-electron chi connectivity index (χ2n) is 4.84. The molecule has 5 nitrogen and oxygen atoms in total. The molecule has 0 spiro atoms. The van der Waals surface area contributed by atoms with Crippen molar-refractivity contribution in [3.63, 3.8) is 0 Å². The summed E-state index contributed by atoms with van der Waals surface area (Å²) in [5.41, 5.74) is 5.50. The van der Waals surface area contributed by atoms with Crippen molar-refractivity contribution in [3.8, 4) is 11.3 Å². The quantitative estimate of drug-likeness (QED) is 0.557. The molecule has 0 atom stereocenters. The number of aromatic amines is 1. The fraction of sp³-hybridized carbons (Fsp3) is 0.0625. The summed E-state index contributed by atoms with van der Waals surface area (Å²) < 4.78 is 0. The minimum absolute atomic E-state index is 0.343. The number of H-pyrrole nitrogens is 1. The van der Waals surface area contributed by atoms with Crippen molar-refractivity contribution < 1.29 is 4.79 Å². The Hall–Kier alpha value is -2.44. The molecule has 23 heavy (non-hydrogen) atoms. The van der Waals surface area contributed by atoms with Crippen molar-refractivity contribution in [2.75, 3.05) is 0 Å². The highest BCUT2D eigenvalue weighted by Crippen LogP contribution is 2.20. The third kappa shape index (κ3) is 3.67. The molecule has 0 radical (unpaired) electrons. The van der Waals surface area contributed by atoms with E-state index in [1.165, 1.54) is 0 Å². The van der Waals surface area contributed by atoms with Gasteiger partial charge in [0, 0.05) is 15.5 Å². The molecular weight excluding hydrogens is 332 g/mol. The Morgan fingerprint density at radius 1 is 1.35 bits per heavy atom. The molecule has 0 saturated heterocycles. The molecule has 0 unspecified atom stereocenters.